The van der Waals surface area contributed by atoms with Crippen LogP contribution in [0.2, 0.25) is 0 Å². The molecule has 0 aromatic heterocycles. The van der Waals surface area contributed by atoms with Crippen LogP contribution in [-0.4, -0.2) is 26.8 Å². The summed E-state index contributed by atoms with van der Waals surface area (Å²) in [5.41, 5.74) is 0.872. The number of rotatable bonds is 7. The van der Waals surface area contributed by atoms with Gasteiger partial charge in [-0.05, 0) is 61.5 Å². The molecule has 3 aromatic carbocycles. The third-order valence-electron chi connectivity index (χ3n) is 4.26. The van der Waals surface area contributed by atoms with E-state index in [2.05, 4.69) is 15.4 Å². The van der Waals surface area contributed by atoms with E-state index in [1.165, 1.54) is 42.5 Å². The van der Waals surface area contributed by atoms with Crippen LogP contribution in [0.3, 0.4) is 0 Å². The highest BCUT2D eigenvalue weighted by molar-refractivity contribution is 7.92. The van der Waals surface area contributed by atoms with Crippen LogP contribution in [0.15, 0.2) is 77.7 Å². The molecule has 9 heteroatoms. The van der Waals surface area contributed by atoms with Gasteiger partial charge in [0.2, 0.25) is 0 Å². The molecule has 0 aliphatic rings. The molecule has 31 heavy (non-hydrogen) atoms. The second kappa shape index (κ2) is 9.40. The fourth-order valence-corrected chi connectivity index (χ4v) is 3.80. The SMILES string of the molecule is CCNC(=O)c1cccc(NC(=O)c2ccc(S(=O)(=O)Nc3ccccc3F)cc2)c1. The number of amides is 2. The van der Waals surface area contributed by atoms with E-state index in [1.807, 2.05) is 0 Å². The summed E-state index contributed by atoms with van der Waals surface area (Å²) in [6.45, 7) is 2.29. The van der Waals surface area contributed by atoms with Crippen molar-refractivity contribution in [3.05, 3.63) is 89.7 Å². The average molecular weight is 441 g/mol. The summed E-state index contributed by atoms with van der Waals surface area (Å²) in [6.07, 6.45) is 0. The average Bonchev–Trinajstić information content (AvgIpc) is 2.76. The first kappa shape index (κ1) is 22.0. The summed E-state index contributed by atoms with van der Waals surface area (Å²) in [7, 11) is -4.02. The van der Waals surface area contributed by atoms with Gasteiger partial charge < -0.3 is 10.6 Å². The van der Waals surface area contributed by atoms with Gasteiger partial charge in [-0.1, -0.05) is 18.2 Å². The fraction of sp³-hybridized carbons (Fsp3) is 0.0909. The zero-order valence-corrected chi connectivity index (χ0v) is 17.4. The maximum Gasteiger partial charge on any atom is 0.261 e. The molecule has 3 rings (SSSR count). The van der Waals surface area contributed by atoms with Crippen LogP contribution in [-0.2, 0) is 10.0 Å². The lowest BCUT2D eigenvalue weighted by Gasteiger charge is -2.10. The van der Waals surface area contributed by atoms with Crippen LogP contribution in [0.4, 0.5) is 15.8 Å². The van der Waals surface area contributed by atoms with Gasteiger partial charge in [0, 0.05) is 23.4 Å². The number of sulfonamides is 1. The molecule has 2 amide bonds. The maximum atomic E-state index is 13.7. The maximum absolute atomic E-state index is 13.7. The fourth-order valence-electron chi connectivity index (χ4n) is 2.74. The monoisotopic (exact) mass is 441 g/mol. The lowest BCUT2D eigenvalue weighted by Crippen LogP contribution is -2.22. The first-order chi connectivity index (χ1) is 14.8. The molecule has 0 unspecified atom stereocenters. The van der Waals surface area contributed by atoms with E-state index in [0.29, 0.717) is 17.8 Å². The molecule has 0 bridgehead atoms. The molecule has 0 atom stereocenters. The molecule has 0 radical (unpaired) electrons. The van der Waals surface area contributed by atoms with Crippen molar-refractivity contribution in [2.45, 2.75) is 11.8 Å². The van der Waals surface area contributed by atoms with E-state index in [1.54, 1.807) is 31.2 Å². The molecule has 3 N–H and O–H groups in total. The summed E-state index contributed by atoms with van der Waals surface area (Å²) < 4.78 is 40.8. The van der Waals surface area contributed by atoms with Crippen molar-refractivity contribution < 1.29 is 22.4 Å². The molecule has 7 nitrogen and oxygen atoms in total. The van der Waals surface area contributed by atoms with E-state index >= 15 is 0 Å². The van der Waals surface area contributed by atoms with Crippen LogP contribution in [0, 0.1) is 5.82 Å². The smallest absolute Gasteiger partial charge is 0.261 e. The lowest BCUT2D eigenvalue weighted by molar-refractivity contribution is 0.0954. The van der Waals surface area contributed by atoms with Gasteiger partial charge in [-0.15, -0.1) is 0 Å². The number of benzene rings is 3. The van der Waals surface area contributed by atoms with Gasteiger partial charge in [-0.2, -0.15) is 0 Å². The molecule has 0 saturated carbocycles. The molecule has 0 saturated heterocycles. The Morgan fingerprint density at radius 1 is 0.871 bits per heavy atom. The largest absolute Gasteiger partial charge is 0.352 e. The van der Waals surface area contributed by atoms with Crippen molar-refractivity contribution in [3.8, 4) is 0 Å². The quantitative estimate of drug-likeness (QED) is 0.521. The van der Waals surface area contributed by atoms with Crippen molar-refractivity contribution in [2.75, 3.05) is 16.6 Å². The summed E-state index contributed by atoms with van der Waals surface area (Å²) in [4.78, 5) is 24.3. The Hall–Kier alpha value is -3.72. The number of carbonyl (C=O) groups is 2. The number of halogens is 1. The van der Waals surface area contributed by atoms with Gasteiger partial charge in [0.15, 0.2) is 0 Å². The second-order valence-corrected chi connectivity index (χ2v) is 8.19. The van der Waals surface area contributed by atoms with E-state index in [-0.39, 0.29) is 22.1 Å². The third-order valence-corrected chi connectivity index (χ3v) is 5.65. The van der Waals surface area contributed by atoms with Gasteiger partial charge in [-0.3, -0.25) is 14.3 Å². The topological polar surface area (TPSA) is 104 Å². The number of nitrogens with one attached hydrogen (secondary N) is 3. The zero-order valence-electron chi connectivity index (χ0n) is 16.6. The normalized spacial score (nSPS) is 10.9. The number of hydrogen-bond acceptors (Lipinski definition) is 4. The van der Waals surface area contributed by atoms with Crippen molar-refractivity contribution in [1.82, 2.24) is 5.32 Å². The summed E-state index contributed by atoms with van der Waals surface area (Å²) in [5.74, 6) is -1.42. The van der Waals surface area contributed by atoms with Crippen molar-refractivity contribution >= 4 is 33.2 Å². The molecular weight excluding hydrogens is 421 g/mol. The van der Waals surface area contributed by atoms with Crippen LogP contribution >= 0.6 is 0 Å². The Labute approximate surface area is 179 Å². The molecule has 3 aromatic rings. The standard InChI is InChI=1S/C22H20FN3O4S/c1-2-24-21(27)16-6-5-7-17(14-16)25-22(28)15-10-12-18(13-11-15)31(29,30)26-20-9-4-3-8-19(20)23/h3-14,26H,2H2,1H3,(H,24,27)(H,25,28). The molecular formula is C22H20FN3O4S. The first-order valence-corrected chi connectivity index (χ1v) is 10.9. The van der Waals surface area contributed by atoms with Crippen LogP contribution < -0.4 is 15.4 Å². The highest BCUT2D eigenvalue weighted by Crippen LogP contribution is 2.20. The molecule has 160 valence electrons. The minimum Gasteiger partial charge on any atom is -0.352 e. The number of hydrogen-bond donors (Lipinski definition) is 3. The summed E-state index contributed by atoms with van der Waals surface area (Å²) in [6, 6.07) is 17.1. The van der Waals surface area contributed by atoms with Crippen LogP contribution in [0.5, 0.6) is 0 Å². The Bertz CT molecular complexity index is 1210. The van der Waals surface area contributed by atoms with E-state index in [0.717, 1.165) is 6.07 Å². The second-order valence-electron chi connectivity index (χ2n) is 6.50. The van der Waals surface area contributed by atoms with Gasteiger partial charge in [0.25, 0.3) is 21.8 Å². The predicted octanol–water partition coefficient (Wildman–Crippen LogP) is 3.63. The summed E-state index contributed by atoms with van der Waals surface area (Å²) in [5, 5.41) is 5.34. The predicted molar refractivity (Wildman–Crippen MR) is 116 cm³/mol. The van der Waals surface area contributed by atoms with E-state index in [9.17, 15) is 22.4 Å². The third kappa shape index (κ3) is 5.46. The highest BCUT2D eigenvalue weighted by atomic mass is 32.2. The van der Waals surface area contributed by atoms with Crippen molar-refractivity contribution in [2.24, 2.45) is 0 Å². The Balaban J connectivity index is 1.72. The number of carbonyl (C=O) groups excluding carboxylic acids is 2. The molecule has 0 aliphatic carbocycles. The molecule has 0 heterocycles. The van der Waals surface area contributed by atoms with Crippen LogP contribution in [0.1, 0.15) is 27.6 Å². The van der Waals surface area contributed by atoms with E-state index in [4.69, 9.17) is 0 Å². The van der Waals surface area contributed by atoms with Gasteiger partial charge in [0.05, 0.1) is 10.6 Å². The first-order valence-electron chi connectivity index (χ1n) is 9.37. The van der Waals surface area contributed by atoms with E-state index < -0.39 is 21.7 Å². The zero-order chi connectivity index (χ0) is 22.4. The summed E-state index contributed by atoms with van der Waals surface area (Å²) >= 11 is 0. The van der Waals surface area contributed by atoms with Gasteiger partial charge >= 0.3 is 0 Å². The number of anilines is 2. The Kier molecular flexibility index (Phi) is 6.66. The molecule has 0 spiro atoms. The number of para-hydroxylation sites is 1. The molecule has 0 fully saturated rings. The minimum absolute atomic E-state index is 0.120. The van der Waals surface area contributed by atoms with Gasteiger partial charge in [-0.25, -0.2) is 12.8 Å². The van der Waals surface area contributed by atoms with Gasteiger partial charge in [0.1, 0.15) is 5.82 Å². The Morgan fingerprint density at radius 3 is 2.26 bits per heavy atom. The lowest BCUT2D eigenvalue weighted by atomic mass is 10.1. The minimum atomic E-state index is -4.02. The molecule has 0 aliphatic heterocycles. The van der Waals surface area contributed by atoms with Crippen LogP contribution in [0.25, 0.3) is 0 Å². The highest BCUT2D eigenvalue weighted by Gasteiger charge is 2.17. The van der Waals surface area contributed by atoms with Crippen molar-refractivity contribution in [1.29, 1.82) is 0 Å². The Morgan fingerprint density at radius 2 is 1.58 bits per heavy atom. The van der Waals surface area contributed by atoms with Crippen molar-refractivity contribution in [3.63, 3.8) is 0 Å².